The highest BCUT2D eigenvalue weighted by atomic mass is 35.5. The standard InChI is InChI=1S/C17H15F3N4.ClH/c18-14-8-16(20)15(19)7-12(14)6-13(21)9-24-10-17(22-23-24)11-4-2-1-3-5-11;/h1-5,7-8,10,13H,6,9,21H2;1H/t13-;/m1./s1. The summed E-state index contributed by atoms with van der Waals surface area (Å²) in [5.74, 6) is -3.12. The van der Waals surface area contributed by atoms with Crippen LogP contribution in [0.25, 0.3) is 11.3 Å². The minimum Gasteiger partial charge on any atom is -0.326 e. The summed E-state index contributed by atoms with van der Waals surface area (Å²) in [6.07, 6.45) is 1.79. The van der Waals surface area contributed by atoms with E-state index in [-0.39, 0.29) is 30.9 Å². The van der Waals surface area contributed by atoms with Gasteiger partial charge in [-0.3, -0.25) is 4.68 Å². The average molecular weight is 369 g/mol. The lowest BCUT2D eigenvalue weighted by Gasteiger charge is -2.12. The molecular weight excluding hydrogens is 353 g/mol. The molecule has 0 aliphatic rings. The number of hydrogen-bond donors (Lipinski definition) is 1. The molecule has 0 spiro atoms. The second-order valence-electron chi connectivity index (χ2n) is 5.51. The predicted molar refractivity (Wildman–Crippen MR) is 90.7 cm³/mol. The molecule has 4 nitrogen and oxygen atoms in total. The molecule has 1 heterocycles. The number of aromatic nitrogens is 3. The zero-order chi connectivity index (χ0) is 17.1. The van der Waals surface area contributed by atoms with Gasteiger partial charge in [0.25, 0.3) is 0 Å². The Labute approximate surface area is 148 Å². The SMILES string of the molecule is Cl.N[C@H](Cc1cc(F)c(F)cc1F)Cn1cc(-c2ccccc2)nn1. The monoisotopic (exact) mass is 368 g/mol. The molecule has 2 aromatic carbocycles. The normalized spacial score (nSPS) is 11.8. The first-order chi connectivity index (χ1) is 11.5. The minimum absolute atomic E-state index is 0. The van der Waals surface area contributed by atoms with Crippen LogP contribution in [0, 0.1) is 17.5 Å². The Morgan fingerprint density at radius 3 is 2.40 bits per heavy atom. The first-order valence-electron chi connectivity index (χ1n) is 7.37. The molecule has 0 radical (unpaired) electrons. The maximum absolute atomic E-state index is 13.7. The van der Waals surface area contributed by atoms with Gasteiger partial charge < -0.3 is 5.73 Å². The van der Waals surface area contributed by atoms with Crippen LogP contribution in [0.3, 0.4) is 0 Å². The molecule has 2 N–H and O–H groups in total. The van der Waals surface area contributed by atoms with Crippen molar-refractivity contribution in [2.45, 2.75) is 19.0 Å². The Bertz CT molecular complexity index is 839. The molecule has 0 saturated carbocycles. The highest BCUT2D eigenvalue weighted by molar-refractivity contribution is 5.85. The van der Waals surface area contributed by atoms with Crippen molar-refractivity contribution in [3.05, 3.63) is 71.7 Å². The first-order valence-corrected chi connectivity index (χ1v) is 7.37. The lowest BCUT2D eigenvalue weighted by molar-refractivity contribution is 0.470. The van der Waals surface area contributed by atoms with Crippen LogP contribution >= 0.6 is 12.4 Å². The summed E-state index contributed by atoms with van der Waals surface area (Å²) in [4.78, 5) is 0. The van der Waals surface area contributed by atoms with Gasteiger partial charge in [-0.05, 0) is 18.1 Å². The summed E-state index contributed by atoms with van der Waals surface area (Å²) in [5, 5.41) is 8.05. The Kier molecular flexibility index (Phi) is 6.17. The number of halogens is 4. The van der Waals surface area contributed by atoms with Crippen molar-refractivity contribution in [3.8, 4) is 11.3 Å². The summed E-state index contributed by atoms with van der Waals surface area (Å²) in [6.45, 7) is 0.276. The maximum atomic E-state index is 13.7. The van der Waals surface area contributed by atoms with Crippen molar-refractivity contribution in [1.82, 2.24) is 15.0 Å². The van der Waals surface area contributed by atoms with E-state index in [1.54, 1.807) is 10.9 Å². The van der Waals surface area contributed by atoms with Crippen molar-refractivity contribution < 1.29 is 13.2 Å². The summed E-state index contributed by atoms with van der Waals surface area (Å²) in [7, 11) is 0. The minimum atomic E-state index is -1.21. The van der Waals surface area contributed by atoms with Gasteiger partial charge in [-0.25, -0.2) is 13.2 Å². The van der Waals surface area contributed by atoms with Crippen molar-refractivity contribution in [2.75, 3.05) is 0 Å². The van der Waals surface area contributed by atoms with Crippen molar-refractivity contribution in [3.63, 3.8) is 0 Å². The molecule has 0 aliphatic heterocycles. The molecule has 3 rings (SSSR count). The molecule has 132 valence electrons. The van der Waals surface area contributed by atoms with Crippen molar-refractivity contribution in [1.29, 1.82) is 0 Å². The fourth-order valence-corrected chi connectivity index (χ4v) is 2.44. The average Bonchev–Trinajstić information content (AvgIpc) is 3.02. The summed E-state index contributed by atoms with van der Waals surface area (Å²) in [5.41, 5.74) is 7.62. The zero-order valence-electron chi connectivity index (χ0n) is 13.1. The van der Waals surface area contributed by atoms with E-state index in [1.165, 1.54) is 0 Å². The van der Waals surface area contributed by atoms with Crippen LogP contribution in [-0.2, 0) is 13.0 Å². The van der Waals surface area contributed by atoms with Crippen LogP contribution in [0.5, 0.6) is 0 Å². The van der Waals surface area contributed by atoms with Gasteiger partial charge >= 0.3 is 0 Å². The molecule has 1 aromatic heterocycles. The van der Waals surface area contributed by atoms with Gasteiger partial charge in [-0.1, -0.05) is 35.5 Å². The van der Waals surface area contributed by atoms with E-state index in [0.717, 1.165) is 11.6 Å². The smallest absolute Gasteiger partial charge is 0.161 e. The lowest BCUT2D eigenvalue weighted by atomic mass is 10.1. The van der Waals surface area contributed by atoms with Gasteiger partial charge in [0.1, 0.15) is 11.5 Å². The van der Waals surface area contributed by atoms with Crippen LogP contribution in [0.4, 0.5) is 13.2 Å². The number of nitrogens with zero attached hydrogens (tertiary/aromatic N) is 3. The van der Waals surface area contributed by atoms with E-state index >= 15 is 0 Å². The second-order valence-corrected chi connectivity index (χ2v) is 5.51. The van der Waals surface area contributed by atoms with E-state index in [4.69, 9.17) is 5.73 Å². The summed E-state index contributed by atoms with van der Waals surface area (Å²) < 4.78 is 41.4. The molecule has 1 atom stereocenters. The fraction of sp³-hybridized carbons (Fsp3) is 0.176. The van der Waals surface area contributed by atoms with E-state index in [2.05, 4.69) is 10.3 Å². The molecule has 0 unspecified atom stereocenters. The van der Waals surface area contributed by atoms with Gasteiger partial charge in [-0.15, -0.1) is 17.5 Å². The molecule has 3 aromatic rings. The Morgan fingerprint density at radius 2 is 1.68 bits per heavy atom. The van der Waals surface area contributed by atoms with Gasteiger partial charge in [-0.2, -0.15) is 0 Å². The third-order valence-electron chi connectivity index (χ3n) is 3.60. The highest BCUT2D eigenvalue weighted by Crippen LogP contribution is 2.17. The molecule has 0 saturated heterocycles. The molecule has 0 bridgehead atoms. The number of nitrogens with two attached hydrogens (primary N) is 1. The summed E-state index contributed by atoms with van der Waals surface area (Å²) in [6, 6.07) is 10.4. The van der Waals surface area contributed by atoms with Crippen LogP contribution in [0.15, 0.2) is 48.7 Å². The van der Waals surface area contributed by atoms with Crippen LogP contribution in [0.2, 0.25) is 0 Å². The zero-order valence-corrected chi connectivity index (χ0v) is 13.9. The Hall–Kier alpha value is -2.38. The van der Waals surface area contributed by atoms with Crippen molar-refractivity contribution in [2.24, 2.45) is 5.73 Å². The third-order valence-corrected chi connectivity index (χ3v) is 3.60. The molecular formula is C17H16ClF3N4. The second kappa shape index (κ2) is 8.13. The lowest BCUT2D eigenvalue weighted by Crippen LogP contribution is -2.29. The van der Waals surface area contributed by atoms with Gasteiger partial charge in [0.15, 0.2) is 11.6 Å². The molecule has 0 amide bonds. The fourth-order valence-electron chi connectivity index (χ4n) is 2.44. The molecule has 0 fully saturated rings. The van der Waals surface area contributed by atoms with Crippen LogP contribution in [0.1, 0.15) is 5.56 Å². The molecule has 8 heteroatoms. The number of hydrogen-bond acceptors (Lipinski definition) is 3. The number of rotatable bonds is 5. The van der Waals surface area contributed by atoms with Gasteiger partial charge in [0.2, 0.25) is 0 Å². The third kappa shape index (κ3) is 4.58. The van der Waals surface area contributed by atoms with Crippen LogP contribution < -0.4 is 5.73 Å². The van der Waals surface area contributed by atoms with E-state index in [1.807, 2.05) is 30.3 Å². The van der Waals surface area contributed by atoms with Gasteiger partial charge in [0, 0.05) is 17.7 Å². The molecule has 0 aliphatic carbocycles. The highest BCUT2D eigenvalue weighted by Gasteiger charge is 2.14. The Morgan fingerprint density at radius 1 is 1.00 bits per heavy atom. The molecule has 25 heavy (non-hydrogen) atoms. The number of benzene rings is 2. The van der Waals surface area contributed by atoms with Crippen LogP contribution in [-0.4, -0.2) is 21.0 Å². The topological polar surface area (TPSA) is 56.7 Å². The van der Waals surface area contributed by atoms with E-state index in [9.17, 15) is 13.2 Å². The first kappa shape index (κ1) is 19.0. The van der Waals surface area contributed by atoms with Gasteiger partial charge in [0.05, 0.1) is 12.7 Å². The van der Waals surface area contributed by atoms with Crippen molar-refractivity contribution >= 4 is 12.4 Å². The summed E-state index contributed by atoms with van der Waals surface area (Å²) >= 11 is 0. The van der Waals surface area contributed by atoms with E-state index in [0.29, 0.717) is 11.8 Å². The predicted octanol–water partition coefficient (Wildman–Crippen LogP) is 3.35. The van der Waals surface area contributed by atoms with E-state index < -0.39 is 23.5 Å². The quantitative estimate of drug-likeness (QED) is 0.703. The Balaban J connectivity index is 0.00000225. The largest absolute Gasteiger partial charge is 0.326 e. The maximum Gasteiger partial charge on any atom is 0.161 e.